The molecule has 304 valence electrons. The van der Waals surface area contributed by atoms with Crippen LogP contribution in [0.2, 0.25) is 5.02 Å². The van der Waals surface area contributed by atoms with Crippen molar-refractivity contribution in [2.45, 2.75) is 84.0 Å². The summed E-state index contributed by atoms with van der Waals surface area (Å²) in [6, 6.07) is 17.5. The first-order valence-corrected chi connectivity index (χ1v) is 20.3. The molecule has 4 heterocycles. The zero-order valence-electron chi connectivity index (χ0n) is 33.1. The molecule has 3 aliphatic heterocycles. The molecular formula is C42H54ClN9O5. The zero-order valence-corrected chi connectivity index (χ0v) is 33.9. The number of nitrogens with two attached hydrogens (primary N) is 1. The minimum Gasteiger partial charge on any atom is -0.489 e. The highest BCUT2D eigenvalue weighted by Gasteiger charge is 2.67. The first-order chi connectivity index (χ1) is 27.2. The van der Waals surface area contributed by atoms with Crippen LogP contribution in [0, 0.1) is 28.1 Å². The summed E-state index contributed by atoms with van der Waals surface area (Å²) in [5, 5.41) is 42.2. The third kappa shape index (κ3) is 8.27. The average Bonchev–Trinajstić information content (AvgIpc) is 3.19. The molecule has 2 amide bonds. The smallest absolute Gasteiger partial charge is 0.269 e. The van der Waals surface area contributed by atoms with Gasteiger partial charge in [0.1, 0.15) is 30.4 Å². The summed E-state index contributed by atoms with van der Waals surface area (Å²) in [4.78, 5) is 35.0. The van der Waals surface area contributed by atoms with Gasteiger partial charge in [-0.05, 0) is 80.1 Å². The number of ether oxygens (including phenoxy) is 1. The van der Waals surface area contributed by atoms with Gasteiger partial charge in [0.2, 0.25) is 0 Å². The fourth-order valence-electron chi connectivity index (χ4n) is 10.0. The van der Waals surface area contributed by atoms with Gasteiger partial charge in [-0.1, -0.05) is 39.3 Å². The minimum atomic E-state index is -1.11. The van der Waals surface area contributed by atoms with E-state index in [2.05, 4.69) is 64.0 Å². The van der Waals surface area contributed by atoms with Crippen LogP contribution in [0.1, 0.15) is 79.8 Å². The molecule has 1 aliphatic carbocycles. The van der Waals surface area contributed by atoms with Crippen molar-refractivity contribution in [1.82, 2.24) is 25.3 Å². The standard InChI is InChI=1S/C42H54ClN9O5/c1-41(2)39(42(3,4)40(41)57-30-10-7-28(24-44)31(43)23-30)52(33-12-14-35(53)46-37(33)55)38(56)27-5-8-29(9-6-27)50-21-19-49(20-22-50)25-26-15-17-51(18-16-26)34-13-11-32(36(45)54)47-48-34/h5-11,13,23,26,33,35,37,39-40,46,53,55H,12,14-22,25H2,1-4H3,(H2,45,54). The molecule has 2 aromatic carbocycles. The van der Waals surface area contributed by atoms with Crippen molar-refractivity contribution in [3.63, 3.8) is 0 Å². The Morgan fingerprint density at radius 2 is 1.61 bits per heavy atom. The van der Waals surface area contributed by atoms with E-state index in [1.807, 2.05) is 35.2 Å². The number of nitriles is 1. The zero-order chi connectivity index (χ0) is 40.6. The Labute approximate surface area is 339 Å². The Bertz CT molecular complexity index is 1940. The van der Waals surface area contributed by atoms with Crippen LogP contribution in [0.5, 0.6) is 5.75 Å². The molecule has 14 nitrogen and oxygen atoms in total. The molecular weight excluding hydrogens is 746 g/mol. The van der Waals surface area contributed by atoms with E-state index in [9.17, 15) is 25.1 Å². The van der Waals surface area contributed by atoms with Crippen molar-refractivity contribution in [3.8, 4) is 11.8 Å². The molecule has 15 heteroatoms. The number of carbonyl (C=O) groups excluding carboxylic acids is 2. The maximum absolute atomic E-state index is 14.7. The highest BCUT2D eigenvalue weighted by molar-refractivity contribution is 6.31. The molecule has 4 aliphatic rings. The third-order valence-corrected chi connectivity index (χ3v) is 12.9. The SMILES string of the molecule is CC1(C)C(Oc2ccc(C#N)c(Cl)c2)C(C)(C)C1N(C(=O)c1ccc(N2CCN(CC3CCN(c4ccc(C(N)=O)nn4)CC3)CC2)cc1)C1CCC(O)NC1O. The van der Waals surface area contributed by atoms with Crippen LogP contribution in [0.3, 0.4) is 0 Å². The van der Waals surface area contributed by atoms with E-state index >= 15 is 0 Å². The monoisotopic (exact) mass is 799 g/mol. The van der Waals surface area contributed by atoms with Crippen LogP contribution in [0.15, 0.2) is 54.6 Å². The first-order valence-electron chi connectivity index (χ1n) is 19.9. The van der Waals surface area contributed by atoms with Gasteiger partial charge in [-0.3, -0.25) is 19.8 Å². The number of carbonyl (C=O) groups is 2. The Morgan fingerprint density at radius 3 is 2.19 bits per heavy atom. The lowest BCUT2D eigenvalue weighted by atomic mass is 9.48. The molecule has 57 heavy (non-hydrogen) atoms. The summed E-state index contributed by atoms with van der Waals surface area (Å²) in [5.41, 5.74) is 6.36. The quantitative estimate of drug-likeness (QED) is 0.233. The van der Waals surface area contributed by atoms with E-state index in [1.165, 1.54) is 0 Å². The van der Waals surface area contributed by atoms with Crippen LogP contribution in [0.4, 0.5) is 11.5 Å². The molecule has 0 radical (unpaired) electrons. The topological polar surface area (TPSA) is 184 Å². The molecule has 1 aromatic heterocycles. The number of halogens is 1. The second-order valence-electron chi connectivity index (χ2n) is 17.2. The number of piperidine rings is 2. The van der Waals surface area contributed by atoms with Crippen LogP contribution in [-0.2, 0) is 0 Å². The Balaban J connectivity index is 0.984. The van der Waals surface area contributed by atoms with E-state index < -0.39 is 35.2 Å². The van der Waals surface area contributed by atoms with Crippen molar-refractivity contribution < 1.29 is 24.5 Å². The van der Waals surface area contributed by atoms with Gasteiger partial charge in [-0.25, -0.2) is 0 Å². The summed E-state index contributed by atoms with van der Waals surface area (Å²) in [5.74, 6) is 1.16. The van der Waals surface area contributed by atoms with Crippen LogP contribution in [-0.4, -0.2) is 118 Å². The van der Waals surface area contributed by atoms with Gasteiger partial charge in [0.05, 0.1) is 16.6 Å². The molecule has 5 N–H and O–H groups in total. The summed E-state index contributed by atoms with van der Waals surface area (Å²) in [7, 11) is 0. The largest absolute Gasteiger partial charge is 0.489 e. The van der Waals surface area contributed by atoms with Crippen molar-refractivity contribution in [2.24, 2.45) is 22.5 Å². The molecule has 3 saturated heterocycles. The Morgan fingerprint density at radius 1 is 0.930 bits per heavy atom. The number of anilines is 2. The normalized spacial score (nSPS) is 26.2. The number of hydrogen-bond acceptors (Lipinski definition) is 12. The second-order valence-corrected chi connectivity index (χ2v) is 17.6. The maximum atomic E-state index is 14.7. The van der Waals surface area contributed by atoms with Gasteiger partial charge in [0, 0.05) is 80.0 Å². The lowest BCUT2D eigenvalue weighted by Crippen LogP contribution is -2.78. The first kappa shape index (κ1) is 40.7. The molecule has 1 saturated carbocycles. The maximum Gasteiger partial charge on any atom is 0.269 e. The van der Waals surface area contributed by atoms with Crippen molar-refractivity contribution in [2.75, 3.05) is 55.6 Å². The molecule has 3 atom stereocenters. The number of benzene rings is 2. The van der Waals surface area contributed by atoms with Gasteiger partial charge in [-0.2, -0.15) is 5.26 Å². The van der Waals surface area contributed by atoms with Gasteiger partial charge in [-0.15, -0.1) is 10.2 Å². The van der Waals surface area contributed by atoms with E-state index in [0.717, 1.165) is 70.2 Å². The number of rotatable bonds is 10. The summed E-state index contributed by atoms with van der Waals surface area (Å²) >= 11 is 6.34. The average molecular weight is 800 g/mol. The van der Waals surface area contributed by atoms with Gasteiger partial charge in [0.25, 0.3) is 11.8 Å². The predicted octanol–water partition coefficient (Wildman–Crippen LogP) is 3.85. The van der Waals surface area contributed by atoms with Crippen LogP contribution >= 0.6 is 11.6 Å². The van der Waals surface area contributed by atoms with Crippen LogP contribution in [0.25, 0.3) is 0 Å². The number of hydrogen-bond donors (Lipinski definition) is 4. The second kappa shape index (κ2) is 16.4. The number of primary amides is 1. The predicted molar refractivity (Wildman–Crippen MR) is 217 cm³/mol. The van der Waals surface area contributed by atoms with Crippen molar-refractivity contribution in [1.29, 1.82) is 5.26 Å². The van der Waals surface area contributed by atoms with Gasteiger partial charge >= 0.3 is 0 Å². The fourth-order valence-corrected chi connectivity index (χ4v) is 10.3. The lowest BCUT2D eigenvalue weighted by Gasteiger charge is -2.67. The highest BCUT2D eigenvalue weighted by atomic mass is 35.5. The number of aliphatic hydroxyl groups is 2. The lowest BCUT2D eigenvalue weighted by molar-refractivity contribution is -0.215. The highest BCUT2D eigenvalue weighted by Crippen LogP contribution is 2.59. The van der Waals surface area contributed by atoms with Gasteiger partial charge in [0.15, 0.2) is 11.5 Å². The molecule has 4 fully saturated rings. The van der Waals surface area contributed by atoms with Gasteiger partial charge < -0.3 is 35.4 Å². The third-order valence-electron chi connectivity index (χ3n) is 12.6. The number of aliphatic hydroxyl groups excluding tert-OH is 2. The molecule has 0 bridgehead atoms. The minimum absolute atomic E-state index is 0.172. The Kier molecular flexibility index (Phi) is 11.7. The number of aromatic nitrogens is 2. The van der Waals surface area contributed by atoms with E-state index in [1.54, 1.807) is 24.3 Å². The summed E-state index contributed by atoms with van der Waals surface area (Å²) < 4.78 is 6.54. The number of nitrogens with one attached hydrogen (secondary N) is 1. The number of nitrogens with zero attached hydrogens (tertiary/aromatic N) is 7. The van der Waals surface area contributed by atoms with Crippen LogP contribution < -0.4 is 25.6 Å². The van der Waals surface area contributed by atoms with E-state index in [4.69, 9.17) is 22.1 Å². The van der Waals surface area contributed by atoms with Crippen molar-refractivity contribution in [3.05, 3.63) is 76.4 Å². The van der Waals surface area contributed by atoms with Crippen molar-refractivity contribution >= 4 is 34.9 Å². The fraction of sp³-hybridized carbons (Fsp3) is 0.548. The number of piperazine rings is 1. The molecule has 7 rings (SSSR count). The summed E-state index contributed by atoms with van der Waals surface area (Å²) in [6.45, 7) is 14.8. The molecule has 3 unspecified atom stereocenters. The summed E-state index contributed by atoms with van der Waals surface area (Å²) in [6.07, 6.45) is 0.687. The number of amides is 2. The molecule has 3 aromatic rings. The van der Waals surface area contributed by atoms with E-state index in [-0.39, 0.29) is 23.7 Å². The molecule has 0 spiro atoms. The Hall–Kier alpha value is -4.52. The van der Waals surface area contributed by atoms with E-state index in [0.29, 0.717) is 40.7 Å².